The van der Waals surface area contributed by atoms with Crippen molar-refractivity contribution in [2.75, 3.05) is 6.61 Å². The molecule has 2 fully saturated rings. The van der Waals surface area contributed by atoms with Crippen LogP contribution in [0.15, 0.2) is 72.9 Å². The van der Waals surface area contributed by atoms with Crippen molar-refractivity contribution >= 4 is 28.7 Å². The Hall–Kier alpha value is -4.33. The van der Waals surface area contributed by atoms with Crippen LogP contribution < -0.4 is 0 Å². The van der Waals surface area contributed by atoms with Crippen molar-refractivity contribution in [2.45, 2.75) is 25.8 Å². The summed E-state index contributed by atoms with van der Waals surface area (Å²) >= 11 is 0. The predicted octanol–water partition coefficient (Wildman–Crippen LogP) is 4.09. The number of carbonyl (C=O) groups excluding carboxylic acids is 3. The zero-order valence-electron chi connectivity index (χ0n) is 20.3. The van der Waals surface area contributed by atoms with Crippen LogP contribution in [0.1, 0.15) is 23.6 Å². The maximum Gasteiger partial charge on any atom is 0.311 e. The minimum absolute atomic E-state index is 0.149. The van der Waals surface area contributed by atoms with Gasteiger partial charge in [0.05, 0.1) is 42.4 Å². The topological polar surface area (TPSA) is 81.5 Å². The highest BCUT2D eigenvalue weighted by Gasteiger charge is 2.83. The molecule has 3 aromatic carbocycles. The quantitative estimate of drug-likeness (QED) is 0.296. The van der Waals surface area contributed by atoms with Gasteiger partial charge in [-0.15, -0.1) is 0 Å². The Morgan fingerprint density at radius 3 is 2.51 bits per heavy atom. The number of aromatic nitrogens is 2. The first-order chi connectivity index (χ1) is 17.9. The first-order valence-electron chi connectivity index (χ1n) is 12.2. The lowest BCUT2D eigenvalue weighted by atomic mass is 9.87. The summed E-state index contributed by atoms with van der Waals surface area (Å²) in [7, 11) is 0. The van der Waals surface area contributed by atoms with Crippen LogP contribution in [0, 0.1) is 24.6 Å². The number of benzene rings is 3. The summed E-state index contributed by atoms with van der Waals surface area (Å²) < 4.78 is 20.4. The number of ether oxygens (including phenoxy) is 1. The molecular weight excluding hydrogens is 473 g/mol. The Morgan fingerprint density at radius 1 is 1.08 bits per heavy atom. The highest BCUT2D eigenvalue weighted by atomic mass is 19.1. The highest BCUT2D eigenvalue weighted by Crippen LogP contribution is 2.66. The van der Waals surface area contributed by atoms with Crippen molar-refractivity contribution in [2.24, 2.45) is 11.8 Å². The number of carbonyl (C=O) groups is 3. The molecular formula is C29H24FN3O4. The van der Waals surface area contributed by atoms with Crippen LogP contribution in [-0.4, -0.2) is 39.1 Å². The summed E-state index contributed by atoms with van der Waals surface area (Å²) in [5, 5.41) is 5.21. The number of amides is 2. The number of esters is 1. The van der Waals surface area contributed by atoms with E-state index in [0.29, 0.717) is 11.3 Å². The molecule has 8 heteroatoms. The van der Waals surface area contributed by atoms with E-state index in [-0.39, 0.29) is 30.8 Å². The van der Waals surface area contributed by atoms with Crippen LogP contribution in [0.3, 0.4) is 0 Å². The fourth-order valence-corrected chi connectivity index (χ4v) is 5.81. The molecule has 1 saturated heterocycles. The van der Waals surface area contributed by atoms with Crippen LogP contribution in [0.25, 0.3) is 16.6 Å². The van der Waals surface area contributed by atoms with E-state index in [1.807, 2.05) is 49.4 Å². The minimum atomic E-state index is -1.30. The zero-order valence-corrected chi connectivity index (χ0v) is 20.3. The zero-order chi connectivity index (χ0) is 25.9. The van der Waals surface area contributed by atoms with Crippen molar-refractivity contribution < 1.29 is 23.5 Å². The third-order valence-electron chi connectivity index (χ3n) is 7.49. The van der Waals surface area contributed by atoms with Crippen molar-refractivity contribution in [1.82, 2.24) is 14.7 Å². The second kappa shape index (κ2) is 8.37. The molecule has 2 amide bonds. The van der Waals surface area contributed by atoms with Gasteiger partial charge in [-0.3, -0.25) is 19.3 Å². The van der Waals surface area contributed by atoms with Gasteiger partial charge in [-0.1, -0.05) is 30.3 Å². The second-order valence-corrected chi connectivity index (χ2v) is 9.55. The average Bonchev–Trinajstić information content (AvgIpc) is 3.36. The van der Waals surface area contributed by atoms with Crippen molar-refractivity contribution in [3.05, 3.63) is 95.4 Å². The first-order valence-corrected chi connectivity index (χ1v) is 12.2. The van der Waals surface area contributed by atoms with E-state index in [1.54, 1.807) is 29.9 Å². The van der Waals surface area contributed by atoms with E-state index in [9.17, 15) is 18.8 Å². The van der Waals surface area contributed by atoms with Crippen molar-refractivity contribution in [3.63, 3.8) is 0 Å². The van der Waals surface area contributed by atoms with Gasteiger partial charge in [0.25, 0.3) is 0 Å². The Balaban J connectivity index is 1.45. The van der Waals surface area contributed by atoms with Gasteiger partial charge in [0.15, 0.2) is 0 Å². The molecule has 37 heavy (non-hydrogen) atoms. The number of hydrogen-bond acceptors (Lipinski definition) is 5. The normalized spacial score (nSPS) is 22.4. The number of nitrogens with zero attached hydrogens (tertiary/aromatic N) is 3. The van der Waals surface area contributed by atoms with E-state index in [1.165, 1.54) is 17.0 Å². The van der Waals surface area contributed by atoms with Gasteiger partial charge < -0.3 is 4.74 Å². The fourth-order valence-electron chi connectivity index (χ4n) is 5.81. The lowest BCUT2D eigenvalue weighted by Crippen LogP contribution is -2.40. The van der Waals surface area contributed by atoms with E-state index in [2.05, 4.69) is 5.10 Å². The maximum absolute atomic E-state index is 14.0. The molecule has 186 valence electrons. The number of likely N-dealkylation sites (tertiary alicyclic amines) is 1. The summed E-state index contributed by atoms with van der Waals surface area (Å²) in [6.45, 7) is 3.88. The van der Waals surface area contributed by atoms with Crippen LogP contribution >= 0.6 is 0 Å². The molecule has 6 rings (SSSR count). The van der Waals surface area contributed by atoms with Crippen LogP contribution in [0.5, 0.6) is 0 Å². The lowest BCUT2D eigenvalue weighted by molar-refractivity contribution is -0.152. The molecule has 1 aliphatic heterocycles. The molecule has 1 saturated carbocycles. The molecule has 3 atom stereocenters. The minimum Gasteiger partial charge on any atom is -0.466 e. The Labute approximate surface area is 212 Å². The number of rotatable bonds is 6. The standard InChI is InChI=1S/C29H24FN3O4/c1-3-37-27(35)25-24-26(34)32(16-18-7-5-4-6-8-18)28(36)29(24,25)22-14-19-15-31-33(23(19)13-17(22)2)21-11-9-20(30)10-12-21/h4-15,24-25H,3,16H2,1-2H3. The summed E-state index contributed by atoms with van der Waals surface area (Å²) in [6, 6.07) is 19.1. The number of imide groups is 1. The summed E-state index contributed by atoms with van der Waals surface area (Å²) in [6.07, 6.45) is 1.66. The summed E-state index contributed by atoms with van der Waals surface area (Å²) in [4.78, 5) is 41.7. The van der Waals surface area contributed by atoms with E-state index in [0.717, 1.165) is 22.0 Å². The number of piperidine rings is 1. The molecule has 0 radical (unpaired) electrons. The molecule has 1 aliphatic carbocycles. The van der Waals surface area contributed by atoms with Gasteiger partial charge in [0.2, 0.25) is 11.8 Å². The van der Waals surface area contributed by atoms with Gasteiger partial charge in [-0.25, -0.2) is 9.07 Å². The molecule has 3 unspecified atom stereocenters. The van der Waals surface area contributed by atoms with Gasteiger partial charge >= 0.3 is 5.97 Å². The van der Waals surface area contributed by atoms with Crippen LogP contribution in [-0.2, 0) is 31.1 Å². The van der Waals surface area contributed by atoms with Crippen molar-refractivity contribution in [3.8, 4) is 5.69 Å². The number of halogens is 1. The van der Waals surface area contributed by atoms with Gasteiger partial charge in [-0.05, 0) is 66.9 Å². The molecule has 0 bridgehead atoms. The number of hydrogen-bond donors (Lipinski definition) is 0. The lowest BCUT2D eigenvalue weighted by Gasteiger charge is -2.23. The van der Waals surface area contributed by atoms with Gasteiger partial charge in [-0.2, -0.15) is 5.10 Å². The highest BCUT2D eigenvalue weighted by molar-refractivity contribution is 6.20. The molecule has 0 spiro atoms. The van der Waals surface area contributed by atoms with Crippen molar-refractivity contribution in [1.29, 1.82) is 0 Å². The van der Waals surface area contributed by atoms with Gasteiger partial charge in [0, 0.05) is 5.39 Å². The molecule has 1 aromatic heterocycles. The number of fused-ring (bicyclic) bond motifs is 2. The molecule has 2 heterocycles. The van der Waals surface area contributed by atoms with Crippen LogP contribution in [0.4, 0.5) is 4.39 Å². The SMILES string of the molecule is CCOC(=O)C1C2C(=O)N(Cc3ccccc3)C(=O)C12c1cc2cnn(-c3ccc(F)cc3)c2cc1C. The Morgan fingerprint density at radius 2 is 1.81 bits per heavy atom. The summed E-state index contributed by atoms with van der Waals surface area (Å²) in [5.74, 6) is -3.26. The molecule has 7 nitrogen and oxygen atoms in total. The third kappa shape index (κ3) is 3.32. The largest absolute Gasteiger partial charge is 0.466 e. The maximum atomic E-state index is 14.0. The molecule has 0 N–H and O–H groups in total. The monoisotopic (exact) mass is 497 g/mol. The van der Waals surface area contributed by atoms with Crippen LogP contribution in [0.2, 0.25) is 0 Å². The first kappa shape index (κ1) is 23.1. The summed E-state index contributed by atoms with van der Waals surface area (Å²) in [5.41, 5.74) is 2.39. The number of aryl methyl sites for hydroxylation is 1. The fraction of sp³-hybridized carbons (Fsp3) is 0.241. The van der Waals surface area contributed by atoms with E-state index >= 15 is 0 Å². The van der Waals surface area contributed by atoms with Gasteiger partial charge in [0.1, 0.15) is 11.2 Å². The molecule has 2 aliphatic rings. The Kier molecular flexibility index (Phi) is 5.22. The third-order valence-corrected chi connectivity index (χ3v) is 7.49. The smallest absolute Gasteiger partial charge is 0.311 e. The second-order valence-electron chi connectivity index (χ2n) is 9.55. The van der Waals surface area contributed by atoms with E-state index in [4.69, 9.17) is 4.74 Å². The predicted molar refractivity (Wildman–Crippen MR) is 133 cm³/mol. The average molecular weight is 498 g/mol. The van der Waals surface area contributed by atoms with E-state index < -0.39 is 23.2 Å². The molecule has 4 aromatic rings. The Bertz CT molecular complexity index is 1560.